The normalized spacial score (nSPS) is 14.5. The van der Waals surface area contributed by atoms with Gasteiger partial charge in [0.05, 0.1) is 11.0 Å². The van der Waals surface area contributed by atoms with E-state index in [1.54, 1.807) is 0 Å². The van der Waals surface area contributed by atoms with Crippen LogP contribution >= 0.6 is 11.8 Å². The number of para-hydroxylation sites is 1. The maximum atomic E-state index is 5.07. The SMILES string of the molecule is C1=Cc2c(ccc3c4ccccc4n(-c4cccc(-c5cccc(C6=NC(c7ccccc7)=NC(c7ccccc7)N6)c5)c4)c23)Sc2ccccc21.CC. The zero-order valence-corrected chi connectivity index (χ0v) is 31.0. The summed E-state index contributed by atoms with van der Waals surface area (Å²) in [5, 5.41) is 6.13. The van der Waals surface area contributed by atoms with Crippen LogP contribution in [0, 0.1) is 0 Å². The smallest absolute Gasteiger partial charge is 0.159 e. The molecule has 4 nitrogen and oxygen atoms in total. The van der Waals surface area contributed by atoms with Crippen LogP contribution in [0.3, 0.4) is 0 Å². The van der Waals surface area contributed by atoms with Crippen LogP contribution in [-0.4, -0.2) is 16.2 Å². The summed E-state index contributed by atoms with van der Waals surface area (Å²) in [5.41, 5.74) is 11.4. The molecule has 0 bridgehead atoms. The molecule has 0 fully saturated rings. The summed E-state index contributed by atoms with van der Waals surface area (Å²) in [6.07, 6.45) is 4.31. The second-order valence-electron chi connectivity index (χ2n) is 13.1. The molecule has 1 atom stereocenters. The van der Waals surface area contributed by atoms with Gasteiger partial charge in [-0.2, -0.15) is 0 Å². The number of amidine groups is 2. The maximum Gasteiger partial charge on any atom is 0.159 e. The van der Waals surface area contributed by atoms with E-state index < -0.39 is 0 Å². The van der Waals surface area contributed by atoms with Crippen molar-refractivity contribution in [3.8, 4) is 16.8 Å². The summed E-state index contributed by atoms with van der Waals surface area (Å²) in [6.45, 7) is 4.00. The van der Waals surface area contributed by atoms with Crippen LogP contribution in [-0.2, 0) is 0 Å². The van der Waals surface area contributed by atoms with Crippen molar-refractivity contribution in [2.24, 2.45) is 9.98 Å². The number of fused-ring (bicyclic) bond motifs is 6. The molecule has 0 amide bonds. The molecule has 0 aliphatic carbocycles. The van der Waals surface area contributed by atoms with Crippen LogP contribution in [0.25, 0.3) is 50.8 Å². The van der Waals surface area contributed by atoms with E-state index in [1.165, 1.54) is 42.7 Å². The molecule has 3 heterocycles. The highest BCUT2D eigenvalue weighted by atomic mass is 32.2. The first-order valence-corrected chi connectivity index (χ1v) is 19.3. The Bertz CT molecular complexity index is 2740. The average molecular weight is 715 g/mol. The first-order chi connectivity index (χ1) is 26.8. The van der Waals surface area contributed by atoms with Gasteiger partial charge < -0.3 is 9.88 Å². The van der Waals surface area contributed by atoms with E-state index in [1.807, 2.05) is 49.9 Å². The van der Waals surface area contributed by atoms with Gasteiger partial charge in [0.1, 0.15) is 12.0 Å². The fraction of sp³-hybridized carbons (Fsp3) is 0.0612. The van der Waals surface area contributed by atoms with Gasteiger partial charge in [-0.15, -0.1) is 0 Å². The standard InChI is InChI=1S/C47H32N4S.C2H6/c1-3-14-32(15-4-1)45-48-46(33-16-5-2-6-17-33)50-47(49-45)36-20-11-18-34(29-36)35-19-12-21-37(30-35)51-41-23-9-8-22-38(41)39-27-28-43-40(44(39)51)26-25-31-13-7-10-24-42(31)52-43;1-2/h1-30,45H,(H,48,49,50);1-2H3. The van der Waals surface area contributed by atoms with Gasteiger partial charge in [-0.25, -0.2) is 9.98 Å². The van der Waals surface area contributed by atoms with Crippen molar-refractivity contribution < 1.29 is 0 Å². The van der Waals surface area contributed by atoms with Gasteiger partial charge >= 0.3 is 0 Å². The first-order valence-electron chi connectivity index (χ1n) is 18.5. The topological polar surface area (TPSA) is 41.7 Å². The molecule has 10 rings (SSSR count). The predicted molar refractivity (Wildman–Crippen MR) is 229 cm³/mol. The summed E-state index contributed by atoms with van der Waals surface area (Å²) in [5.74, 6) is 1.52. The van der Waals surface area contributed by atoms with Crippen molar-refractivity contribution in [1.82, 2.24) is 9.88 Å². The fourth-order valence-corrected chi connectivity index (χ4v) is 8.42. The van der Waals surface area contributed by atoms with Crippen molar-refractivity contribution in [2.45, 2.75) is 29.8 Å². The van der Waals surface area contributed by atoms with Crippen LogP contribution in [0.4, 0.5) is 0 Å². The third-order valence-corrected chi connectivity index (χ3v) is 11.0. The van der Waals surface area contributed by atoms with Gasteiger partial charge in [0, 0.05) is 42.9 Å². The Balaban J connectivity index is 0.00000189. The molecule has 8 aromatic rings. The second kappa shape index (κ2) is 14.5. The molecular weight excluding hydrogens is 677 g/mol. The first kappa shape index (κ1) is 33.4. The number of aromatic nitrogens is 1. The molecule has 7 aromatic carbocycles. The summed E-state index contributed by atoms with van der Waals surface area (Å²) in [7, 11) is 0. The molecule has 0 spiro atoms. The van der Waals surface area contributed by atoms with Crippen LogP contribution in [0.1, 0.15) is 47.8 Å². The minimum absolute atomic E-state index is 0.249. The van der Waals surface area contributed by atoms with Gasteiger partial charge in [0.15, 0.2) is 5.84 Å². The van der Waals surface area contributed by atoms with Crippen molar-refractivity contribution in [2.75, 3.05) is 0 Å². The number of nitrogens with zero attached hydrogens (tertiary/aromatic N) is 3. The Kier molecular flexibility index (Phi) is 8.99. The van der Waals surface area contributed by atoms with Crippen LogP contribution in [0.15, 0.2) is 190 Å². The maximum absolute atomic E-state index is 5.07. The molecule has 5 heteroatoms. The zero-order chi connectivity index (χ0) is 36.4. The van der Waals surface area contributed by atoms with Crippen molar-refractivity contribution >= 4 is 57.4 Å². The molecule has 0 radical (unpaired) electrons. The van der Waals surface area contributed by atoms with E-state index in [9.17, 15) is 0 Å². The number of hydrogen-bond donors (Lipinski definition) is 1. The summed E-state index contributed by atoms with van der Waals surface area (Å²) in [4.78, 5) is 12.6. The number of nitrogens with one attached hydrogen (secondary N) is 1. The second-order valence-corrected chi connectivity index (χ2v) is 14.2. The van der Waals surface area contributed by atoms with E-state index in [-0.39, 0.29) is 6.17 Å². The molecule has 2 aliphatic heterocycles. The van der Waals surface area contributed by atoms with Gasteiger partial charge in [-0.3, -0.25) is 0 Å². The molecule has 0 saturated heterocycles. The summed E-state index contributed by atoms with van der Waals surface area (Å²) in [6, 6.07) is 60.1. The van der Waals surface area contributed by atoms with E-state index in [2.05, 4.69) is 168 Å². The van der Waals surface area contributed by atoms with Crippen LogP contribution in [0.2, 0.25) is 0 Å². The van der Waals surface area contributed by atoms with Crippen LogP contribution < -0.4 is 5.32 Å². The molecule has 2 aliphatic rings. The van der Waals surface area contributed by atoms with Crippen molar-refractivity contribution in [3.63, 3.8) is 0 Å². The molecule has 1 N–H and O–H groups in total. The Labute approximate surface area is 320 Å². The van der Waals surface area contributed by atoms with E-state index in [0.29, 0.717) is 0 Å². The number of benzene rings is 7. The summed E-state index contributed by atoms with van der Waals surface area (Å²) < 4.78 is 2.44. The third kappa shape index (κ3) is 6.13. The number of hydrogen-bond acceptors (Lipinski definition) is 4. The molecule has 1 aromatic heterocycles. The monoisotopic (exact) mass is 714 g/mol. The van der Waals surface area contributed by atoms with Gasteiger partial charge in [0.25, 0.3) is 0 Å². The van der Waals surface area contributed by atoms with Crippen LogP contribution in [0.5, 0.6) is 0 Å². The highest BCUT2D eigenvalue weighted by Gasteiger charge is 2.22. The Hall–Kier alpha value is -6.43. The lowest BCUT2D eigenvalue weighted by atomic mass is 10.0. The number of aliphatic imine (C=N–C) groups is 2. The van der Waals surface area contributed by atoms with E-state index in [0.717, 1.165) is 45.2 Å². The van der Waals surface area contributed by atoms with E-state index in [4.69, 9.17) is 9.98 Å². The van der Waals surface area contributed by atoms with Gasteiger partial charge in [-0.1, -0.05) is 171 Å². The number of rotatable bonds is 5. The largest absolute Gasteiger partial charge is 0.344 e. The Morgan fingerprint density at radius 2 is 1.24 bits per heavy atom. The van der Waals surface area contributed by atoms with Crippen molar-refractivity contribution in [1.29, 1.82) is 0 Å². The lowest BCUT2D eigenvalue weighted by molar-refractivity contribution is 0.674. The lowest BCUT2D eigenvalue weighted by Crippen LogP contribution is -2.33. The minimum Gasteiger partial charge on any atom is -0.344 e. The predicted octanol–water partition coefficient (Wildman–Crippen LogP) is 12.6. The molecule has 1 unspecified atom stereocenters. The van der Waals surface area contributed by atoms with Gasteiger partial charge in [0.2, 0.25) is 0 Å². The Morgan fingerprint density at radius 1 is 0.556 bits per heavy atom. The summed E-state index contributed by atoms with van der Waals surface area (Å²) >= 11 is 1.84. The molecule has 260 valence electrons. The highest BCUT2D eigenvalue weighted by molar-refractivity contribution is 7.99. The third-order valence-electron chi connectivity index (χ3n) is 9.87. The highest BCUT2D eigenvalue weighted by Crippen LogP contribution is 2.43. The van der Waals surface area contributed by atoms with Gasteiger partial charge in [-0.05, 0) is 58.7 Å². The minimum atomic E-state index is -0.249. The molecule has 0 saturated carbocycles. The zero-order valence-electron chi connectivity index (χ0n) is 30.1. The lowest BCUT2D eigenvalue weighted by Gasteiger charge is -2.24. The van der Waals surface area contributed by atoms with E-state index >= 15 is 0 Å². The average Bonchev–Trinajstić information content (AvgIpc) is 3.47. The Morgan fingerprint density at radius 3 is 2.09 bits per heavy atom. The molecule has 54 heavy (non-hydrogen) atoms. The quantitative estimate of drug-likeness (QED) is 0.193. The fourth-order valence-electron chi connectivity index (χ4n) is 7.37. The van der Waals surface area contributed by atoms with Crippen molar-refractivity contribution in [3.05, 3.63) is 198 Å². The molecular formula is C49H38N4S.